The van der Waals surface area contributed by atoms with Crippen molar-refractivity contribution in [1.82, 2.24) is 9.97 Å². The maximum absolute atomic E-state index is 4.66. The molecule has 1 heterocycles. The standard InChI is InChI=1S/C13H22BrN3/c1-5-7-17(8-6-14)13-15-11(4)9-12(16-13)10(2)3/h9-10H,5-8H2,1-4H3. The van der Waals surface area contributed by atoms with E-state index in [1.54, 1.807) is 0 Å². The van der Waals surface area contributed by atoms with Gasteiger partial charge in [0.05, 0.1) is 0 Å². The van der Waals surface area contributed by atoms with Crippen LogP contribution >= 0.6 is 15.9 Å². The third-order valence-electron chi connectivity index (χ3n) is 2.58. The Morgan fingerprint density at radius 2 is 2.00 bits per heavy atom. The Hall–Kier alpha value is -0.640. The highest BCUT2D eigenvalue weighted by Gasteiger charge is 2.11. The number of halogens is 1. The van der Waals surface area contributed by atoms with Gasteiger partial charge in [0.25, 0.3) is 0 Å². The minimum absolute atomic E-state index is 0.447. The fourth-order valence-corrected chi connectivity index (χ4v) is 2.13. The Morgan fingerprint density at radius 3 is 2.53 bits per heavy atom. The first-order valence-electron chi connectivity index (χ1n) is 6.25. The zero-order valence-corrected chi connectivity index (χ0v) is 12.8. The summed E-state index contributed by atoms with van der Waals surface area (Å²) in [5, 5.41) is 0.946. The Morgan fingerprint density at radius 1 is 1.29 bits per heavy atom. The molecule has 0 fully saturated rings. The van der Waals surface area contributed by atoms with Crippen LogP contribution in [0.15, 0.2) is 6.07 Å². The largest absolute Gasteiger partial charge is 0.340 e. The third-order valence-corrected chi connectivity index (χ3v) is 2.94. The van der Waals surface area contributed by atoms with Crippen LogP contribution in [0.1, 0.15) is 44.5 Å². The van der Waals surface area contributed by atoms with Crippen molar-refractivity contribution in [3.63, 3.8) is 0 Å². The van der Waals surface area contributed by atoms with Gasteiger partial charge in [-0.2, -0.15) is 0 Å². The molecule has 1 rings (SSSR count). The van der Waals surface area contributed by atoms with Crippen molar-refractivity contribution < 1.29 is 0 Å². The number of rotatable bonds is 6. The molecule has 0 aliphatic heterocycles. The number of anilines is 1. The number of aryl methyl sites for hydroxylation is 1. The molecule has 0 radical (unpaired) electrons. The van der Waals surface area contributed by atoms with E-state index in [1.807, 2.05) is 6.92 Å². The van der Waals surface area contributed by atoms with Crippen LogP contribution in [0.2, 0.25) is 0 Å². The number of hydrogen-bond donors (Lipinski definition) is 0. The molecule has 0 saturated carbocycles. The highest BCUT2D eigenvalue weighted by atomic mass is 79.9. The predicted molar refractivity (Wildman–Crippen MR) is 77.2 cm³/mol. The molecule has 0 aromatic carbocycles. The zero-order chi connectivity index (χ0) is 12.8. The summed E-state index contributed by atoms with van der Waals surface area (Å²) >= 11 is 3.49. The van der Waals surface area contributed by atoms with Crippen molar-refractivity contribution in [2.24, 2.45) is 0 Å². The molecule has 0 unspecified atom stereocenters. The van der Waals surface area contributed by atoms with Crippen molar-refractivity contribution in [2.45, 2.75) is 40.0 Å². The van der Waals surface area contributed by atoms with E-state index >= 15 is 0 Å². The molecule has 17 heavy (non-hydrogen) atoms. The Labute approximate surface area is 113 Å². The summed E-state index contributed by atoms with van der Waals surface area (Å²) in [4.78, 5) is 11.5. The maximum atomic E-state index is 4.66. The first-order valence-corrected chi connectivity index (χ1v) is 7.37. The van der Waals surface area contributed by atoms with Crippen LogP contribution in [0.25, 0.3) is 0 Å². The van der Waals surface area contributed by atoms with Gasteiger partial charge in [-0.1, -0.05) is 36.7 Å². The van der Waals surface area contributed by atoms with Gasteiger partial charge < -0.3 is 4.90 Å². The summed E-state index contributed by atoms with van der Waals surface area (Å²) in [6.45, 7) is 10.5. The van der Waals surface area contributed by atoms with Gasteiger partial charge in [0.15, 0.2) is 0 Å². The quantitative estimate of drug-likeness (QED) is 0.753. The molecule has 0 aliphatic rings. The molecule has 0 amide bonds. The lowest BCUT2D eigenvalue weighted by Crippen LogP contribution is -2.28. The van der Waals surface area contributed by atoms with Gasteiger partial charge >= 0.3 is 0 Å². The first kappa shape index (κ1) is 14.4. The average molecular weight is 300 g/mol. The minimum atomic E-state index is 0.447. The number of alkyl halides is 1. The van der Waals surface area contributed by atoms with E-state index in [1.165, 1.54) is 0 Å². The van der Waals surface area contributed by atoms with Gasteiger partial charge in [-0.15, -0.1) is 0 Å². The monoisotopic (exact) mass is 299 g/mol. The molecule has 0 spiro atoms. The van der Waals surface area contributed by atoms with Gasteiger partial charge in [-0.25, -0.2) is 9.97 Å². The predicted octanol–water partition coefficient (Wildman–Crippen LogP) is 3.52. The Balaban J connectivity index is 3.00. The van der Waals surface area contributed by atoms with E-state index in [0.717, 1.165) is 42.2 Å². The molecule has 0 bridgehead atoms. The van der Waals surface area contributed by atoms with Gasteiger partial charge in [-0.3, -0.25) is 0 Å². The van der Waals surface area contributed by atoms with E-state index in [9.17, 15) is 0 Å². The second-order valence-corrected chi connectivity index (χ2v) is 5.36. The molecule has 0 N–H and O–H groups in total. The average Bonchev–Trinajstić information content (AvgIpc) is 2.28. The molecule has 0 aliphatic carbocycles. The van der Waals surface area contributed by atoms with Crippen molar-refractivity contribution in [2.75, 3.05) is 23.3 Å². The molecular formula is C13H22BrN3. The Bertz CT molecular complexity index is 347. The maximum Gasteiger partial charge on any atom is 0.225 e. The van der Waals surface area contributed by atoms with Gasteiger partial charge in [0.2, 0.25) is 5.95 Å². The Kier molecular flexibility index (Phi) is 5.89. The number of aromatic nitrogens is 2. The van der Waals surface area contributed by atoms with Crippen LogP contribution < -0.4 is 4.90 Å². The third kappa shape index (κ3) is 4.26. The SMILES string of the molecule is CCCN(CCBr)c1nc(C)cc(C(C)C)n1. The van der Waals surface area contributed by atoms with Crippen LogP contribution in [0.4, 0.5) is 5.95 Å². The van der Waals surface area contributed by atoms with Gasteiger partial charge in [0, 0.05) is 29.8 Å². The summed E-state index contributed by atoms with van der Waals surface area (Å²) < 4.78 is 0. The van der Waals surface area contributed by atoms with Crippen molar-refractivity contribution in [3.8, 4) is 0 Å². The number of hydrogen-bond acceptors (Lipinski definition) is 3. The van der Waals surface area contributed by atoms with E-state index < -0.39 is 0 Å². The highest BCUT2D eigenvalue weighted by Crippen LogP contribution is 2.17. The van der Waals surface area contributed by atoms with Crippen LogP contribution in [-0.2, 0) is 0 Å². The van der Waals surface area contributed by atoms with E-state index in [-0.39, 0.29) is 0 Å². The number of nitrogens with zero attached hydrogens (tertiary/aromatic N) is 3. The highest BCUT2D eigenvalue weighted by molar-refractivity contribution is 9.09. The van der Waals surface area contributed by atoms with Crippen LogP contribution in [0, 0.1) is 6.92 Å². The van der Waals surface area contributed by atoms with E-state index in [4.69, 9.17) is 0 Å². The normalized spacial score (nSPS) is 10.9. The van der Waals surface area contributed by atoms with Crippen LogP contribution in [0.5, 0.6) is 0 Å². The van der Waals surface area contributed by atoms with Crippen molar-refractivity contribution in [1.29, 1.82) is 0 Å². The molecular weight excluding hydrogens is 278 g/mol. The second-order valence-electron chi connectivity index (χ2n) is 4.56. The first-order chi connectivity index (χ1) is 8.08. The molecule has 4 heteroatoms. The molecule has 3 nitrogen and oxygen atoms in total. The minimum Gasteiger partial charge on any atom is -0.340 e. The lowest BCUT2D eigenvalue weighted by molar-refractivity contribution is 0.741. The lowest BCUT2D eigenvalue weighted by atomic mass is 10.1. The van der Waals surface area contributed by atoms with Crippen LogP contribution in [-0.4, -0.2) is 28.4 Å². The van der Waals surface area contributed by atoms with Gasteiger partial charge in [-0.05, 0) is 25.3 Å². The summed E-state index contributed by atoms with van der Waals surface area (Å²) in [5.41, 5.74) is 2.18. The second kappa shape index (κ2) is 6.94. The van der Waals surface area contributed by atoms with E-state index in [0.29, 0.717) is 5.92 Å². The lowest BCUT2D eigenvalue weighted by Gasteiger charge is -2.22. The van der Waals surface area contributed by atoms with Crippen LogP contribution in [0.3, 0.4) is 0 Å². The molecule has 1 aromatic heterocycles. The molecule has 96 valence electrons. The summed E-state index contributed by atoms with van der Waals surface area (Å²) in [5.74, 6) is 1.32. The summed E-state index contributed by atoms with van der Waals surface area (Å²) in [6.07, 6.45) is 1.11. The fourth-order valence-electron chi connectivity index (χ4n) is 1.70. The summed E-state index contributed by atoms with van der Waals surface area (Å²) in [7, 11) is 0. The van der Waals surface area contributed by atoms with Gasteiger partial charge in [0.1, 0.15) is 0 Å². The smallest absolute Gasteiger partial charge is 0.225 e. The molecule has 0 saturated heterocycles. The van der Waals surface area contributed by atoms with Crippen molar-refractivity contribution >= 4 is 21.9 Å². The van der Waals surface area contributed by atoms with Crippen molar-refractivity contribution in [3.05, 3.63) is 17.5 Å². The molecule has 0 atom stereocenters. The van der Waals surface area contributed by atoms with E-state index in [2.05, 4.69) is 57.6 Å². The summed E-state index contributed by atoms with van der Waals surface area (Å²) in [6, 6.07) is 2.08. The topological polar surface area (TPSA) is 29.0 Å². The molecule has 1 aromatic rings. The zero-order valence-electron chi connectivity index (χ0n) is 11.2. The fraction of sp³-hybridized carbons (Fsp3) is 0.692.